The zero-order valence-corrected chi connectivity index (χ0v) is 26.6. The van der Waals surface area contributed by atoms with Crippen molar-refractivity contribution in [3.63, 3.8) is 0 Å². The lowest BCUT2D eigenvalue weighted by molar-refractivity contribution is -0.140. The highest BCUT2D eigenvalue weighted by molar-refractivity contribution is 7.92. The standard InChI is InChI=1S/C32H40ClN3O5S/c1-7-28(31(38)34-32(3,4)5)35(20-19-24-11-9-8-10-12-24)30(37)22-36(25-15-18-29(41-6)27(33)21-25)42(39,40)26-16-13-23(2)14-17-26/h8-18,21,28H,7,19-20,22H2,1-6H3,(H,34,38)/t28-/m0/s1. The Labute approximate surface area is 254 Å². The number of nitrogens with one attached hydrogen (secondary N) is 1. The van der Waals surface area contributed by atoms with Crippen molar-refractivity contribution in [2.45, 2.75) is 63.9 Å². The van der Waals surface area contributed by atoms with E-state index < -0.39 is 34.1 Å². The van der Waals surface area contributed by atoms with Crippen LogP contribution < -0.4 is 14.4 Å². The molecule has 226 valence electrons. The SMILES string of the molecule is CC[C@@H](C(=O)NC(C)(C)C)N(CCc1ccccc1)C(=O)CN(c1ccc(OC)c(Cl)c1)S(=O)(=O)c1ccc(C)cc1. The summed E-state index contributed by atoms with van der Waals surface area (Å²) in [4.78, 5) is 29.1. The van der Waals surface area contributed by atoms with E-state index in [9.17, 15) is 18.0 Å². The maximum atomic E-state index is 14.1. The largest absolute Gasteiger partial charge is 0.495 e. The predicted molar refractivity (Wildman–Crippen MR) is 168 cm³/mol. The molecule has 10 heteroatoms. The van der Waals surface area contributed by atoms with E-state index in [2.05, 4.69) is 5.32 Å². The van der Waals surface area contributed by atoms with Gasteiger partial charge in [0.15, 0.2) is 0 Å². The second kappa shape index (κ2) is 14.1. The molecule has 3 aromatic carbocycles. The molecule has 0 radical (unpaired) electrons. The summed E-state index contributed by atoms with van der Waals surface area (Å²) in [7, 11) is -2.74. The topological polar surface area (TPSA) is 96.0 Å². The van der Waals surface area contributed by atoms with Gasteiger partial charge in [0.2, 0.25) is 11.8 Å². The van der Waals surface area contributed by atoms with Crippen LogP contribution in [0.5, 0.6) is 5.75 Å². The van der Waals surface area contributed by atoms with Crippen LogP contribution in [0, 0.1) is 6.92 Å². The fraction of sp³-hybridized carbons (Fsp3) is 0.375. The van der Waals surface area contributed by atoms with Crippen LogP contribution in [0.1, 0.15) is 45.2 Å². The molecular formula is C32H40ClN3O5S. The first-order valence-corrected chi connectivity index (χ1v) is 15.7. The van der Waals surface area contributed by atoms with E-state index in [1.54, 1.807) is 24.3 Å². The van der Waals surface area contributed by atoms with Gasteiger partial charge < -0.3 is 15.0 Å². The highest BCUT2D eigenvalue weighted by Crippen LogP contribution is 2.32. The summed E-state index contributed by atoms with van der Waals surface area (Å²) in [6, 6.07) is 19.8. The van der Waals surface area contributed by atoms with Crippen LogP contribution in [0.2, 0.25) is 5.02 Å². The number of methoxy groups -OCH3 is 1. The Hall–Kier alpha value is -3.56. The molecular weight excluding hydrogens is 574 g/mol. The van der Waals surface area contributed by atoms with Crippen LogP contribution in [-0.4, -0.2) is 56.9 Å². The maximum absolute atomic E-state index is 14.1. The number of benzene rings is 3. The van der Waals surface area contributed by atoms with Crippen LogP contribution in [0.4, 0.5) is 5.69 Å². The van der Waals surface area contributed by atoms with E-state index in [4.69, 9.17) is 16.3 Å². The fourth-order valence-corrected chi connectivity index (χ4v) is 6.18. The summed E-state index contributed by atoms with van der Waals surface area (Å²) >= 11 is 6.39. The van der Waals surface area contributed by atoms with Crippen molar-refractivity contribution in [2.24, 2.45) is 0 Å². The summed E-state index contributed by atoms with van der Waals surface area (Å²) in [6.07, 6.45) is 0.840. The number of aryl methyl sites for hydroxylation is 1. The smallest absolute Gasteiger partial charge is 0.264 e. The molecule has 8 nitrogen and oxygen atoms in total. The van der Waals surface area contributed by atoms with Crippen LogP contribution in [-0.2, 0) is 26.0 Å². The minimum Gasteiger partial charge on any atom is -0.495 e. The summed E-state index contributed by atoms with van der Waals surface area (Å²) in [5.74, 6) is -0.440. The van der Waals surface area contributed by atoms with Gasteiger partial charge in [0.05, 0.1) is 22.7 Å². The Kier molecular flexibility index (Phi) is 11.0. The molecule has 3 rings (SSSR count). The number of rotatable bonds is 12. The van der Waals surface area contributed by atoms with E-state index in [0.717, 1.165) is 15.4 Å². The number of amides is 2. The molecule has 0 aliphatic carbocycles. The first-order chi connectivity index (χ1) is 19.8. The predicted octanol–water partition coefficient (Wildman–Crippen LogP) is 5.62. The molecule has 0 aliphatic rings. The molecule has 3 aromatic rings. The molecule has 2 amide bonds. The number of carbonyl (C=O) groups is 2. The zero-order valence-electron chi connectivity index (χ0n) is 25.1. The van der Waals surface area contributed by atoms with Crippen molar-refractivity contribution in [2.75, 3.05) is 24.5 Å². The molecule has 0 fully saturated rings. The van der Waals surface area contributed by atoms with Gasteiger partial charge in [0.1, 0.15) is 18.3 Å². The number of carbonyl (C=O) groups excluding carboxylic acids is 2. The number of nitrogens with zero attached hydrogens (tertiary/aromatic N) is 2. The molecule has 1 N–H and O–H groups in total. The van der Waals surface area contributed by atoms with Crippen LogP contribution in [0.3, 0.4) is 0 Å². The number of hydrogen-bond acceptors (Lipinski definition) is 5. The highest BCUT2D eigenvalue weighted by Gasteiger charge is 2.34. The first kappa shape index (κ1) is 32.9. The Balaban J connectivity index is 2.06. The lowest BCUT2D eigenvalue weighted by Crippen LogP contribution is -2.56. The molecule has 1 atom stereocenters. The van der Waals surface area contributed by atoms with Gasteiger partial charge in [0.25, 0.3) is 10.0 Å². The summed E-state index contributed by atoms with van der Waals surface area (Å²) in [5, 5.41) is 3.17. The molecule has 0 aromatic heterocycles. The maximum Gasteiger partial charge on any atom is 0.264 e. The van der Waals surface area contributed by atoms with Gasteiger partial charge >= 0.3 is 0 Å². The van der Waals surface area contributed by atoms with Crippen molar-refractivity contribution >= 4 is 39.1 Å². The minimum absolute atomic E-state index is 0.0289. The second-order valence-corrected chi connectivity index (χ2v) is 13.4. The van der Waals surface area contributed by atoms with Gasteiger partial charge in [0, 0.05) is 12.1 Å². The Bertz CT molecular complexity index is 1470. The van der Waals surface area contributed by atoms with Crippen LogP contribution >= 0.6 is 11.6 Å². The molecule has 0 saturated heterocycles. The van der Waals surface area contributed by atoms with E-state index in [1.165, 1.54) is 30.2 Å². The first-order valence-electron chi connectivity index (χ1n) is 13.8. The molecule has 0 aliphatic heterocycles. The normalized spacial score (nSPS) is 12.4. The lowest BCUT2D eigenvalue weighted by Gasteiger charge is -2.34. The van der Waals surface area contributed by atoms with E-state index in [-0.39, 0.29) is 28.1 Å². The average molecular weight is 614 g/mol. The lowest BCUT2D eigenvalue weighted by atomic mass is 10.1. The molecule has 0 bridgehead atoms. The third kappa shape index (κ3) is 8.49. The van der Waals surface area contributed by atoms with E-state index in [0.29, 0.717) is 18.6 Å². The summed E-state index contributed by atoms with van der Waals surface area (Å²) in [5.41, 5.74) is 1.57. The summed E-state index contributed by atoms with van der Waals surface area (Å²) < 4.78 is 34.3. The van der Waals surface area contributed by atoms with Crippen molar-refractivity contribution in [3.8, 4) is 5.75 Å². The van der Waals surface area contributed by atoms with E-state index in [1.807, 2.05) is 65.0 Å². The van der Waals surface area contributed by atoms with Crippen molar-refractivity contribution in [3.05, 3.63) is 88.9 Å². The number of hydrogen-bond donors (Lipinski definition) is 1. The van der Waals surface area contributed by atoms with Gasteiger partial charge in [-0.15, -0.1) is 0 Å². The Morgan fingerprint density at radius 1 is 1.00 bits per heavy atom. The van der Waals surface area contributed by atoms with Crippen molar-refractivity contribution < 1.29 is 22.7 Å². The Morgan fingerprint density at radius 3 is 2.19 bits per heavy atom. The van der Waals surface area contributed by atoms with Crippen LogP contribution in [0.25, 0.3) is 0 Å². The number of ether oxygens (including phenoxy) is 1. The Morgan fingerprint density at radius 2 is 1.64 bits per heavy atom. The second-order valence-electron chi connectivity index (χ2n) is 11.1. The number of sulfonamides is 1. The van der Waals surface area contributed by atoms with Crippen molar-refractivity contribution in [1.29, 1.82) is 0 Å². The van der Waals surface area contributed by atoms with Crippen LogP contribution in [0.15, 0.2) is 77.7 Å². The number of halogens is 1. The van der Waals surface area contributed by atoms with Gasteiger partial charge in [-0.3, -0.25) is 13.9 Å². The molecule has 0 spiro atoms. The molecule has 0 heterocycles. The molecule has 0 unspecified atom stereocenters. The quantitative estimate of drug-likeness (QED) is 0.286. The van der Waals surface area contributed by atoms with Crippen molar-refractivity contribution in [1.82, 2.24) is 10.2 Å². The van der Waals surface area contributed by atoms with Gasteiger partial charge in [-0.25, -0.2) is 8.42 Å². The monoisotopic (exact) mass is 613 g/mol. The minimum atomic E-state index is -4.20. The van der Waals surface area contributed by atoms with E-state index >= 15 is 0 Å². The zero-order chi connectivity index (χ0) is 31.1. The van der Waals surface area contributed by atoms with Gasteiger partial charge in [-0.1, -0.05) is 66.6 Å². The third-order valence-corrected chi connectivity index (χ3v) is 8.76. The summed E-state index contributed by atoms with van der Waals surface area (Å²) in [6.45, 7) is 9.00. The number of anilines is 1. The van der Waals surface area contributed by atoms with Gasteiger partial charge in [-0.05, 0) is 76.4 Å². The molecule has 0 saturated carbocycles. The third-order valence-electron chi connectivity index (χ3n) is 6.68. The fourth-order valence-electron chi connectivity index (χ4n) is 4.53. The average Bonchev–Trinajstić information content (AvgIpc) is 2.93. The molecule has 42 heavy (non-hydrogen) atoms. The van der Waals surface area contributed by atoms with Gasteiger partial charge in [-0.2, -0.15) is 0 Å². The highest BCUT2D eigenvalue weighted by atomic mass is 35.5.